The van der Waals surface area contributed by atoms with E-state index in [0.717, 1.165) is 35.9 Å². The average molecular weight is 535 g/mol. The molecule has 40 heavy (non-hydrogen) atoms. The summed E-state index contributed by atoms with van der Waals surface area (Å²) in [6, 6.07) is 15.3. The molecule has 0 saturated carbocycles. The highest BCUT2D eigenvalue weighted by Gasteiger charge is 2.27. The van der Waals surface area contributed by atoms with Gasteiger partial charge >= 0.3 is 0 Å². The van der Waals surface area contributed by atoms with Crippen molar-refractivity contribution in [1.29, 1.82) is 0 Å². The van der Waals surface area contributed by atoms with E-state index in [9.17, 15) is 9.59 Å². The van der Waals surface area contributed by atoms with E-state index >= 15 is 0 Å². The summed E-state index contributed by atoms with van der Waals surface area (Å²) in [6.07, 6.45) is 5.17. The molecule has 1 aromatic carbocycles. The number of benzene rings is 1. The van der Waals surface area contributed by atoms with Crippen LogP contribution in [0.4, 0.5) is 5.95 Å². The molecule has 2 N–H and O–H groups in total. The number of aromatic nitrogens is 6. The highest BCUT2D eigenvalue weighted by Crippen LogP contribution is 2.22. The SMILES string of the molecule is CC#CCn1c(N2CCC[C@@H](N)C2)nc2c(=O)n(Cc3ccncc3)n(Cc3ccc4ccccc4n3)c(=O)c21. The van der Waals surface area contributed by atoms with Gasteiger partial charge in [0.15, 0.2) is 5.52 Å². The molecular weight excluding hydrogens is 504 g/mol. The average Bonchev–Trinajstić information content (AvgIpc) is 3.37. The molecule has 5 aromatic rings. The maximum atomic E-state index is 14.3. The molecule has 1 fully saturated rings. The Balaban J connectivity index is 1.57. The van der Waals surface area contributed by atoms with Gasteiger partial charge in [-0.2, -0.15) is 0 Å². The number of anilines is 1. The molecule has 5 heterocycles. The molecule has 0 unspecified atom stereocenters. The van der Waals surface area contributed by atoms with Gasteiger partial charge in [-0.15, -0.1) is 5.92 Å². The third-order valence-corrected chi connectivity index (χ3v) is 7.32. The monoisotopic (exact) mass is 534 g/mol. The maximum absolute atomic E-state index is 14.3. The van der Waals surface area contributed by atoms with Gasteiger partial charge in [0.05, 0.1) is 30.8 Å². The van der Waals surface area contributed by atoms with E-state index in [0.29, 0.717) is 18.2 Å². The number of piperidine rings is 1. The number of para-hydroxylation sites is 1. The molecule has 1 aliphatic rings. The standard InChI is InChI=1S/C30H30N8O2/c1-2-3-17-36-27-26(34-30(36)35-16-6-8-23(31)19-35)28(39)37(18-21-12-14-32-15-13-21)38(29(27)40)20-24-11-10-22-7-4-5-9-25(22)33-24/h4-5,7,9-15,23H,6,8,16-20,31H2,1H3/t23-/m1/s1. The summed E-state index contributed by atoms with van der Waals surface area (Å²) in [6.45, 7) is 3.65. The normalized spacial score (nSPS) is 15.3. The predicted molar refractivity (Wildman–Crippen MR) is 155 cm³/mol. The first-order valence-corrected chi connectivity index (χ1v) is 13.4. The second-order valence-electron chi connectivity index (χ2n) is 10.0. The van der Waals surface area contributed by atoms with Crippen LogP contribution >= 0.6 is 0 Å². The highest BCUT2D eigenvalue weighted by molar-refractivity contribution is 5.79. The topological polar surface area (TPSA) is 117 Å². The fourth-order valence-corrected chi connectivity index (χ4v) is 5.34. The summed E-state index contributed by atoms with van der Waals surface area (Å²) < 4.78 is 4.71. The van der Waals surface area contributed by atoms with Gasteiger partial charge in [0.25, 0.3) is 11.1 Å². The lowest BCUT2D eigenvalue weighted by atomic mass is 10.1. The Labute approximate surface area is 230 Å². The Hall–Kier alpha value is -4.75. The summed E-state index contributed by atoms with van der Waals surface area (Å²) in [4.78, 5) is 44.1. The zero-order valence-corrected chi connectivity index (χ0v) is 22.3. The molecule has 1 atom stereocenters. The van der Waals surface area contributed by atoms with Gasteiger partial charge in [0, 0.05) is 36.9 Å². The van der Waals surface area contributed by atoms with E-state index in [1.54, 1.807) is 23.9 Å². The van der Waals surface area contributed by atoms with Crippen molar-refractivity contribution in [3.63, 3.8) is 0 Å². The highest BCUT2D eigenvalue weighted by atomic mass is 16.2. The number of imidazole rings is 1. The minimum absolute atomic E-state index is 0.00162. The summed E-state index contributed by atoms with van der Waals surface area (Å²) in [5, 5.41) is 1.00. The molecule has 1 aliphatic heterocycles. The van der Waals surface area contributed by atoms with E-state index in [4.69, 9.17) is 15.7 Å². The van der Waals surface area contributed by atoms with Crippen LogP contribution in [0.2, 0.25) is 0 Å². The van der Waals surface area contributed by atoms with Crippen LogP contribution in [0.1, 0.15) is 31.0 Å². The van der Waals surface area contributed by atoms with Crippen molar-refractivity contribution in [2.75, 3.05) is 18.0 Å². The summed E-state index contributed by atoms with van der Waals surface area (Å²) in [7, 11) is 0. The Bertz CT molecular complexity index is 1880. The predicted octanol–water partition coefficient (Wildman–Crippen LogP) is 2.35. The Morgan fingerprint density at radius 1 is 0.975 bits per heavy atom. The molecule has 0 bridgehead atoms. The molecule has 0 spiro atoms. The number of nitrogens with zero attached hydrogens (tertiary/aromatic N) is 7. The van der Waals surface area contributed by atoms with Crippen molar-refractivity contribution in [3.05, 3.63) is 92.9 Å². The van der Waals surface area contributed by atoms with Crippen molar-refractivity contribution < 1.29 is 0 Å². The van der Waals surface area contributed by atoms with Crippen LogP contribution in [0.3, 0.4) is 0 Å². The van der Waals surface area contributed by atoms with Crippen molar-refractivity contribution in [3.8, 4) is 11.8 Å². The zero-order chi connectivity index (χ0) is 27.6. The number of fused-ring (bicyclic) bond motifs is 2. The molecular formula is C30H30N8O2. The van der Waals surface area contributed by atoms with Crippen molar-refractivity contribution in [2.45, 2.75) is 45.4 Å². The van der Waals surface area contributed by atoms with Gasteiger partial charge in [0.2, 0.25) is 5.95 Å². The van der Waals surface area contributed by atoms with Crippen LogP contribution in [0.5, 0.6) is 0 Å². The van der Waals surface area contributed by atoms with Gasteiger partial charge in [-0.3, -0.25) is 24.1 Å². The quantitative estimate of drug-likeness (QED) is 0.333. The molecule has 10 nitrogen and oxygen atoms in total. The molecule has 6 rings (SSSR count). The molecule has 0 amide bonds. The largest absolute Gasteiger partial charge is 0.341 e. The lowest BCUT2D eigenvalue weighted by Gasteiger charge is -2.31. The van der Waals surface area contributed by atoms with Crippen LogP contribution in [-0.2, 0) is 19.6 Å². The zero-order valence-electron chi connectivity index (χ0n) is 22.3. The molecule has 202 valence electrons. The number of pyridine rings is 2. The number of hydrogen-bond acceptors (Lipinski definition) is 7. The Kier molecular flexibility index (Phi) is 6.88. The first kappa shape index (κ1) is 25.5. The molecule has 10 heteroatoms. The number of nitrogens with two attached hydrogens (primary N) is 1. The van der Waals surface area contributed by atoms with Crippen LogP contribution in [-0.4, -0.2) is 48.0 Å². The van der Waals surface area contributed by atoms with Gasteiger partial charge in [-0.25, -0.2) is 14.3 Å². The van der Waals surface area contributed by atoms with Crippen molar-refractivity contribution in [2.24, 2.45) is 5.73 Å². The lowest BCUT2D eigenvalue weighted by Crippen LogP contribution is -2.44. The molecule has 0 radical (unpaired) electrons. The molecule has 0 aliphatic carbocycles. The third kappa shape index (κ3) is 4.76. The Morgan fingerprint density at radius 2 is 1.77 bits per heavy atom. The lowest BCUT2D eigenvalue weighted by molar-refractivity contribution is 0.466. The van der Waals surface area contributed by atoms with Crippen LogP contribution in [0.25, 0.3) is 21.9 Å². The van der Waals surface area contributed by atoms with Crippen LogP contribution < -0.4 is 21.8 Å². The number of rotatable bonds is 6. The first-order valence-electron chi connectivity index (χ1n) is 13.4. The fraction of sp³-hybridized carbons (Fsp3) is 0.300. The Morgan fingerprint density at radius 3 is 2.58 bits per heavy atom. The number of hydrogen-bond donors (Lipinski definition) is 1. The fourth-order valence-electron chi connectivity index (χ4n) is 5.34. The summed E-state index contributed by atoms with van der Waals surface area (Å²) in [5.74, 6) is 6.53. The summed E-state index contributed by atoms with van der Waals surface area (Å²) >= 11 is 0. The molecule has 1 saturated heterocycles. The van der Waals surface area contributed by atoms with E-state index in [1.165, 1.54) is 9.36 Å². The van der Waals surface area contributed by atoms with E-state index in [-0.39, 0.29) is 47.8 Å². The minimum Gasteiger partial charge on any atom is -0.341 e. The molecule has 4 aromatic heterocycles. The van der Waals surface area contributed by atoms with Gasteiger partial charge in [-0.1, -0.05) is 30.2 Å². The second kappa shape index (κ2) is 10.8. The van der Waals surface area contributed by atoms with Crippen molar-refractivity contribution in [1.82, 2.24) is 28.9 Å². The third-order valence-electron chi connectivity index (χ3n) is 7.32. The maximum Gasteiger partial charge on any atom is 0.293 e. The minimum atomic E-state index is -0.349. The van der Waals surface area contributed by atoms with E-state index < -0.39 is 0 Å². The summed E-state index contributed by atoms with van der Waals surface area (Å²) in [5.41, 5.74) is 8.32. The second-order valence-corrected chi connectivity index (χ2v) is 10.0. The van der Waals surface area contributed by atoms with E-state index in [1.807, 2.05) is 48.5 Å². The van der Waals surface area contributed by atoms with Crippen LogP contribution in [0, 0.1) is 11.8 Å². The van der Waals surface area contributed by atoms with Crippen LogP contribution in [0.15, 0.2) is 70.5 Å². The van der Waals surface area contributed by atoms with E-state index in [2.05, 4.69) is 21.7 Å². The van der Waals surface area contributed by atoms with Gasteiger partial charge in [-0.05, 0) is 49.6 Å². The van der Waals surface area contributed by atoms with Gasteiger partial charge < -0.3 is 10.6 Å². The smallest absolute Gasteiger partial charge is 0.293 e. The van der Waals surface area contributed by atoms with Gasteiger partial charge in [0.1, 0.15) is 5.52 Å². The van der Waals surface area contributed by atoms with Crippen molar-refractivity contribution >= 4 is 27.9 Å². The first-order chi connectivity index (χ1) is 19.5.